The third-order valence-electron chi connectivity index (χ3n) is 3.35. The van der Waals surface area contributed by atoms with Crippen LogP contribution in [-0.4, -0.2) is 6.29 Å². The van der Waals surface area contributed by atoms with Crippen molar-refractivity contribution in [2.75, 3.05) is 0 Å². The zero-order valence-electron chi connectivity index (χ0n) is 9.87. The van der Waals surface area contributed by atoms with Gasteiger partial charge in [0, 0.05) is 5.92 Å². The molecule has 0 aliphatic heterocycles. The highest BCUT2D eigenvalue weighted by Gasteiger charge is 2.30. The van der Waals surface area contributed by atoms with E-state index < -0.39 is 11.7 Å². The Hall–Kier alpha value is -1.58. The highest BCUT2D eigenvalue weighted by molar-refractivity contribution is 5.73. The van der Waals surface area contributed by atoms with Crippen molar-refractivity contribution in [3.05, 3.63) is 41.5 Å². The number of carbonyl (C=O) groups excluding carboxylic acids is 1. The van der Waals surface area contributed by atoms with E-state index >= 15 is 0 Å². The van der Waals surface area contributed by atoms with Crippen molar-refractivity contribution in [3.8, 4) is 0 Å². The highest BCUT2D eigenvalue weighted by atomic mass is 19.4. The monoisotopic (exact) mass is 254 g/mol. The summed E-state index contributed by atoms with van der Waals surface area (Å²) in [5.74, 6) is 0.0992. The maximum Gasteiger partial charge on any atom is 0.416 e. The molecule has 0 fully saturated rings. The Balaban J connectivity index is 2.22. The van der Waals surface area contributed by atoms with Crippen LogP contribution < -0.4 is 0 Å². The molecule has 1 aliphatic carbocycles. The molecular formula is C14H13F3O. The van der Waals surface area contributed by atoms with Gasteiger partial charge in [-0.15, -0.1) is 0 Å². The lowest BCUT2D eigenvalue weighted by Gasteiger charge is -2.08. The van der Waals surface area contributed by atoms with Gasteiger partial charge in [0.2, 0.25) is 0 Å². The number of carbonyl (C=O) groups is 1. The number of hydrogen-bond acceptors (Lipinski definition) is 1. The smallest absolute Gasteiger partial charge is 0.303 e. The van der Waals surface area contributed by atoms with Gasteiger partial charge in [-0.1, -0.05) is 25.1 Å². The van der Waals surface area contributed by atoms with Gasteiger partial charge < -0.3 is 4.79 Å². The van der Waals surface area contributed by atoms with Gasteiger partial charge in [-0.25, -0.2) is 0 Å². The Kier molecular flexibility index (Phi) is 3.28. The van der Waals surface area contributed by atoms with E-state index in [0.717, 1.165) is 29.6 Å². The lowest BCUT2D eigenvalue weighted by Crippen LogP contribution is -2.05. The summed E-state index contributed by atoms with van der Waals surface area (Å²) in [4.78, 5) is 10.8. The lowest BCUT2D eigenvalue weighted by atomic mass is 9.97. The van der Waals surface area contributed by atoms with Crippen LogP contribution in [0.3, 0.4) is 0 Å². The summed E-state index contributed by atoms with van der Waals surface area (Å²) >= 11 is 0. The SMILES string of the molecule is C[C@@H]1C=C(c2ccc(C(F)(F)F)cc2)C[C@@H]1C=O. The van der Waals surface area contributed by atoms with E-state index in [0.29, 0.717) is 6.42 Å². The van der Waals surface area contributed by atoms with Crippen molar-refractivity contribution in [1.82, 2.24) is 0 Å². The minimum Gasteiger partial charge on any atom is -0.303 e. The van der Waals surface area contributed by atoms with Gasteiger partial charge >= 0.3 is 6.18 Å². The fourth-order valence-corrected chi connectivity index (χ4v) is 2.21. The molecule has 96 valence electrons. The van der Waals surface area contributed by atoms with Gasteiger partial charge in [0.1, 0.15) is 6.29 Å². The molecule has 2 rings (SSSR count). The molecule has 0 heterocycles. The van der Waals surface area contributed by atoms with Crippen LogP contribution in [0.15, 0.2) is 30.3 Å². The third-order valence-corrected chi connectivity index (χ3v) is 3.35. The zero-order valence-corrected chi connectivity index (χ0v) is 9.87. The average Bonchev–Trinajstić information content (AvgIpc) is 2.69. The minimum absolute atomic E-state index is 0.0534. The van der Waals surface area contributed by atoms with Crippen molar-refractivity contribution in [1.29, 1.82) is 0 Å². The van der Waals surface area contributed by atoms with Crippen molar-refractivity contribution in [2.45, 2.75) is 19.5 Å². The van der Waals surface area contributed by atoms with Gasteiger partial charge in [0.05, 0.1) is 5.56 Å². The normalized spacial score (nSPS) is 23.9. The van der Waals surface area contributed by atoms with Crippen LogP contribution in [-0.2, 0) is 11.0 Å². The number of allylic oxidation sites excluding steroid dienone is 2. The van der Waals surface area contributed by atoms with E-state index in [4.69, 9.17) is 0 Å². The number of benzene rings is 1. The van der Waals surface area contributed by atoms with Gasteiger partial charge in [-0.3, -0.25) is 0 Å². The maximum absolute atomic E-state index is 12.4. The van der Waals surface area contributed by atoms with Gasteiger partial charge in [-0.2, -0.15) is 13.2 Å². The Morgan fingerprint density at radius 2 is 1.83 bits per heavy atom. The summed E-state index contributed by atoms with van der Waals surface area (Å²) < 4.78 is 37.2. The average molecular weight is 254 g/mol. The summed E-state index contributed by atoms with van der Waals surface area (Å²) in [6.45, 7) is 1.94. The Morgan fingerprint density at radius 3 is 2.28 bits per heavy atom. The second-order valence-electron chi connectivity index (χ2n) is 4.63. The molecule has 0 N–H and O–H groups in total. The maximum atomic E-state index is 12.4. The molecule has 0 saturated heterocycles. The molecule has 18 heavy (non-hydrogen) atoms. The molecular weight excluding hydrogens is 241 g/mol. The van der Waals surface area contributed by atoms with Crippen LogP contribution in [0.2, 0.25) is 0 Å². The van der Waals surface area contributed by atoms with E-state index in [1.807, 2.05) is 13.0 Å². The third kappa shape index (κ3) is 2.47. The summed E-state index contributed by atoms with van der Waals surface area (Å²) in [7, 11) is 0. The number of aldehydes is 1. The largest absolute Gasteiger partial charge is 0.416 e. The van der Waals surface area contributed by atoms with E-state index in [1.165, 1.54) is 12.1 Å². The minimum atomic E-state index is -4.30. The van der Waals surface area contributed by atoms with Crippen LogP contribution in [0.1, 0.15) is 24.5 Å². The predicted molar refractivity (Wildman–Crippen MR) is 62.8 cm³/mol. The van der Waals surface area contributed by atoms with Gasteiger partial charge in [-0.05, 0) is 35.6 Å². The number of hydrogen-bond donors (Lipinski definition) is 0. The molecule has 0 bridgehead atoms. The first-order valence-electron chi connectivity index (χ1n) is 5.75. The molecule has 0 aromatic heterocycles. The van der Waals surface area contributed by atoms with Crippen molar-refractivity contribution in [2.24, 2.45) is 11.8 Å². The molecule has 0 amide bonds. The number of alkyl halides is 3. The molecule has 0 saturated carbocycles. The quantitative estimate of drug-likeness (QED) is 0.730. The van der Waals surface area contributed by atoms with Crippen LogP contribution in [0.25, 0.3) is 5.57 Å². The number of halogens is 3. The molecule has 0 radical (unpaired) electrons. The van der Waals surface area contributed by atoms with E-state index in [9.17, 15) is 18.0 Å². The molecule has 1 aliphatic rings. The van der Waals surface area contributed by atoms with E-state index in [-0.39, 0.29) is 11.8 Å². The molecule has 1 aromatic rings. The van der Waals surface area contributed by atoms with E-state index in [2.05, 4.69) is 0 Å². The van der Waals surface area contributed by atoms with Crippen molar-refractivity contribution >= 4 is 11.9 Å². The summed E-state index contributed by atoms with van der Waals surface area (Å²) in [5.41, 5.74) is 1.07. The van der Waals surface area contributed by atoms with Crippen molar-refractivity contribution < 1.29 is 18.0 Å². The second-order valence-corrected chi connectivity index (χ2v) is 4.63. The van der Waals surface area contributed by atoms with Gasteiger partial charge in [0.15, 0.2) is 0 Å². The van der Waals surface area contributed by atoms with Crippen LogP contribution in [0.4, 0.5) is 13.2 Å². The number of rotatable bonds is 2. The summed E-state index contributed by atoms with van der Waals surface area (Å²) in [6, 6.07) is 5.09. The molecule has 0 spiro atoms. The second kappa shape index (κ2) is 4.59. The zero-order chi connectivity index (χ0) is 13.3. The molecule has 4 heteroatoms. The first-order chi connectivity index (χ1) is 8.41. The Bertz CT molecular complexity index is 471. The summed E-state index contributed by atoms with van der Waals surface area (Å²) in [5, 5.41) is 0. The van der Waals surface area contributed by atoms with Gasteiger partial charge in [0.25, 0.3) is 0 Å². The summed E-state index contributed by atoms with van der Waals surface area (Å²) in [6.07, 6.45) is -0.822. The fraction of sp³-hybridized carbons (Fsp3) is 0.357. The predicted octanol–water partition coefficient (Wildman–Crippen LogP) is 3.94. The van der Waals surface area contributed by atoms with Crippen molar-refractivity contribution in [3.63, 3.8) is 0 Å². The first-order valence-corrected chi connectivity index (χ1v) is 5.75. The lowest BCUT2D eigenvalue weighted by molar-refractivity contribution is -0.137. The van der Waals surface area contributed by atoms with Crippen LogP contribution >= 0.6 is 0 Å². The fourth-order valence-electron chi connectivity index (χ4n) is 2.21. The first kappa shape index (κ1) is 12.9. The Labute approximate surface area is 103 Å². The molecule has 1 aromatic carbocycles. The molecule has 1 nitrogen and oxygen atoms in total. The standard InChI is InChI=1S/C14H13F3O/c1-9-6-11(7-12(9)8-18)10-2-4-13(5-3-10)14(15,16)17/h2-6,8-9,12H,7H2,1H3/t9-,12-/m1/s1. The highest BCUT2D eigenvalue weighted by Crippen LogP contribution is 2.36. The Morgan fingerprint density at radius 1 is 1.22 bits per heavy atom. The molecule has 0 unspecified atom stereocenters. The van der Waals surface area contributed by atoms with Crippen LogP contribution in [0, 0.1) is 11.8 Å². The topological polar surface area (TPSA) is 17.1 Å². The van der Waals surface area contributed by atoms with Crippen LogP contribution in [0.5, 0.6) is 0 Å². The molecule has 2 atom stereocenters. The van der Waals surface area contributed by atoms with E-state index in [1.54, 1.807) is 0 Å².